The molecule has 2 aromatic rings. The number of amides is 1. The molecule has 0 atom stereocenters. The maximum absolute atomic E-state index is 12.5. The van der Waals surface area contributed by atoms with Gasteiger partial charge in [0.15, 0.2) is 0 Å². The Morgan fingerprint density at radius 2 is 1.96 bits per heavy atom. The molecule has 1 fully saturated rings. The van der Waals surface area contributed by atoms with Gasteiger partial charge in [-0.15, -0.1) is 5.10 Å². The molecule has 3 heterocycles. The van der Waals surface area contributed by atoms with Crippen molar-refractivity contribution in [3.63, 3.8) is 0 Å². The second kappa shape index (κ2) is 8.45. The second-order valence-corrected chi connectivity index (χ2v) is 7.62. The van der Waals surface area contributed by atoms with Gasteiger partial charge in [-0.05, 0) is 33.1 Å². The van der Waals surface area contributed by atoms with Gasteiger partial charge < -0.3 is 10.0 Å². The number of carbonyl (C=O) groups excluding carboxylic acids is 1. The van der Waals surface area contributed by atoms with Crippen molar-refractivity contribution in [2.45, 2.75) is 52.0 Å². The van der Waals surface area contributed by atoms with Crippen LogP contribution in [0.1, 0.15) is 50.5 Å². The summed E-state index contributed by atoms with van der Waals surface area (Å²) in [6, 6.07) is 0.177. The van der Waals surface area contributed by atoms with Gasteiger partial charge in [0.25, 0.3) is 0 Å². The number of likely N-dealkylation sites (tertiary alicyclic amines) is 1. The molecule has 3 rings (SSSR count). The fourth-order valence-electron chi connectivity index (χ4n) is 3.50. The highest BCUT2D eigenvalue weighted by molar-refractivity contribution is 5.78. The standard InChI is InChI=1S/C19H26N6O3/c1-14(2)25-13-16(22-23-25)11-19(18(27)28)5-9-24(10-6-19)17(26)4-3-15-12-20-7-8-21-15/h7-8,12-14H,3-6,9-11H2,1-2H3,(H,27,28). The first-order chi connectivity index (χ1) is 13.4. The molecule has 9 nitrogen and oxygen atoms in total. The summed E-state index contributed by atoms with van der Waals surface area (Å²) in [6.07, 6.45) is 8.71. The van der Waals surface area contributed by atoms with Crippen molar-refractivity contribution in [1.82, 2.24) is 29.9 Å². The van der Waals surface area contributed by atoms with E-state index in [1.54, 1.807) is 28.2 Å². The Bertz CT molecular complexity index is 812. The number of carbonyl (C=O) groups is 2. The highest BCUT2D eigenvalue weighted by atomic mass is 16.4. The molecule has 0 bridgehead atoms. The van der Waals surface area contributed by atoms with E-state index in [0.717, 1.165) is 5.69 Å². The summed E-state index contributed by atoms with van der Waals surface area (Å²) in [7, 11) is 0. The zero-order chi connectivity index (χ0) is 20.1. The quantitative estimate of drug-likeness (QED) is 0.767. The van der Waals surface area contributed by atoms with Crippen molar-refractivity contribution < 1.29 is 14.7 Å². The van der Waals surface area contributed by atoms with Crippen LogP contribution in [0.2, 0.25) is 0 Å². The largest absolute Gasteiger partial charge is 0.481 e. The highest BCUT2D eigenvalue weighted by Gasteiger charge is 2.43. The third-order valence-corrected chi connectivity index (χ3v) is 5.34. The minimum Gasteiger partial charge on any atom is -0.481 e. The van der Waals surface area contributed by atoms with Crippen molar-refractivity contribution in [3.05, 3.63) is 36.2 Å². The number of carboxylic acids is 1. The molecule has 0 aliphatic carbocycles. The number of nitrogens with zero attached hydrogens (tertiary/aromatic N) is 6. The van der Waals surface area contributed by atoms with Gasteiger partial charge in [0, 0.05) is 56.8 Å². The van der Waals surface area contributed by atoms with E-state index in [1.165, 1.54) is 0 Å². The lowest BCUT2D eigenvalue weighted by Gasteiger charge is -2.38. The molecule has 28 heavy (non-hydrogen) atoms. The third kappa shape index (κ3) is 4.52. The van der Waals surface area contributed by atoms with E-state index in [4.69, 9.17) is 0 Å². The minimum absolute atomic E-state index is 0.0235. The van der Waals surface area contributed by atoms with Gasteiger partial charge in [0.1, 0.15) is 0 Å². The van der Waals surface area contributed by atoms with E-state index in [9.17, 15) is 14.7 Å². The molecule has 0 spiro atoms. The second-order valence-electron chi connectivity index (χ2n) is 7.62. The average Bonchev–Trinajstić information content (AvgIpc) is 3.16. The molecular weight excluding hydrogens is 360 g/mol. The number of hydrogen-bond acceptors (Lipinski definition) is 6. The Kier molecular flexibility index (Phi) is 6.01. The van der Waals surface area contributed by atoms with Gasteiger partial charge in [0.2, 0.25) is 5.91 Å². The van der Waals surface area contributed by atoms with Crippen LogP contribution in [0, 0.1) is 5.41 Å². The zero-order valence-corrected chi connectivity index (χ0v) is 16.3. The van der Waals surface area contributed by atoms with E-state index in [1.807, 2.05) is 20.0 Å². The van der Waals surface area contributed by atoms with Crippen LogP contribution >= 0.6 is 0 Å². The molecule has 2 aromatic heterocycles. The van der Waals surface area contributed by atoms with Crippen LogP contribution in [0.15, 0.2) is 24.8 Å². The van der Waals surface area contributed by atoms with Crippen LogP contribution < -0.4 is 0 Å². The fourth-order valence-corrected chi connectivity index (χ4v) is 3.50. The van der Waals surface area contributed by atoms with Crippen LogP contribution in [0.25, 0.3) is 0 Å². The SMILES string of the molecule is CC(C)n1cc(CC2(C(=O)O)CCN(C(=O)CCc3cnccn3)CC2)nn1. The lowest BCUT2D eigenvalue weighted by atomic mass is 9.75. The molecule has 0 radical (unpaired) electrons. The Hall–Kier alpha value is -2.84. The van der Waals surface area contributed by atoms with Crippen molar-refractivity contribution >= 4 is 11.9 Å². The van der Waals surface area contributed by atoms with Crippen LogP contribution in [-0.2, 0) is 22.4 Å². The maximum Gasteiger partial charge on any atom is 0.310 e. The van der Waals surface area contributed by atoms with E-state index in [0.29, 0.717) is 50.9 Å². The first kappa shape index (κ1) is 19.9. The predicted octanol–water partition coefficient (Wildman–Crippen LogP) is 1.52. The summed E-state index contributed by atoms with van der Waals surface area (Å²) in [5.41, 5.74) is 0.555. The summed E-state index contributed by atoms with van der Waals surface area (Å²) < 4.78 is 1.73. The molecular formula is C19H26N6O3. The molecule has 9 heteroatoms. The van der Waals surface area contributed by atoms with Crippen molar-refractivity contribution in [2.24, 2.45) is 5.41 Å². The van der Waals surface area contributed by atoms with E-state index >= 15 is 0 Å². The summed E-state index contributed by atoms with van der Waals surface area (Å²) in [4.78, 5) is 34.5. The highest BCUT2D eigenvalue weighted by Crippen LogP contribution is 2.35. The Balaban J connectivity index is 1.58. The number of hydrogen-bond donors (Lipinski definition) is 1. The summed E-state index contributed by atoms with van der Waals surface area (Å²) in [6.45, 7) is 4.86. The van der Waals surface area contributed by atoms with Crippen LogP contribution in [-0.4, -0.2) is 59.9 Å². The van der Waals surface area contributed by atoms with Gasteiger partial charge in [-0.1, -0.05) is 5.21 Å². The molecule has 150 valence electrons. The van der Waals surface area contributed by atoms with Crippen molar-refractivity contribution in [1.29, 1.82) is 0 Å². The van der Waals surface area contributed by atoms with Gasteiger partial charge in [-0.3, -0.25) is 19.6 Å². The van der Waals surface area contributed by atoms with Crippen LogP contribution in [0.4, 0.5) is 0 Å². The number of piperidine rings is 1. The van der Waals surface area contributed by atoms with E-state index in [-0.39, 0.29) is 11.9 Å². The smallest absolute Gasteiger partial charge is 0.310 e. The lowest BCUT2D eigenvalue weighted by Crippen LogP contribution is -2.47. The molecule has 1 aliphatic rings. The normalized spacial score (nSPS) is 16.3. The Labute approximate surface area is 163 Å². The van der Waals surface area contributed by atoms with Gasteiger partial charge in [-0.2, -0.15) is 0 Å². The number of carboxylic acid groups (broad SMARTS) is 1. The first-order valence-electron chi connectivity index (χ1n) is 9.56. The van der Waals surface area contributed by atoms with Crippen LogP contribution in [0.5, 0.6) is 0 Å². The number of aryl methyl sites for hydroxylation is 1. The minimum atomic E-state index is -0.903. The Morgan fingerprint density at radius 1 is 1.21 bits per heavy atom. The maximum atomic E-state index is 12.5. The van der Waals surface area contributed by atoms with Gasteiger partial charge in [0.05, 0.1) is 16.8 Å². The molecule has 1 aliphatic heterocycles. The van der Waals surface area contributed by atoms with Gasteiger partial charge >= 0.3 is 5.97 Å². The Morgan fingerprint density at radius 3 is 2.54 bits per heavy atom. The summed E-state index contributed by atoms with van der Waals surface area (Å²) in [5, 5.41) is 18.1. The fraction of sp³-hybridized carbons (Fsp3) is 0.579. The number of aliphatic carboxylic acids is 1. The topological polar surface area (TPSA) is 114 Å². The number of rotatable bonds is 7. The summed E-state index contributed by atoms with van der Waals surface area (Å²) >= 11 is 0. The first-order valence-corrected chi connectivity index (χ1v) is 9.56. The number of aromatic nitrogens is 5. The van der Waals surface area contributed by atoms with Gasteiger partial charge in [-0.25, -0.2) is 4.68 Å². The molecule has 1 amide bonds. The molecule has 1 saturated heterocycles. The monoisotopic (exact) mass is 386 g/mol. The predicted molar refractivity (Wildman–Crippen MR) is 100 cm³/mol. The average molecular weight is 386 g/mol. The van der Waals surface area contributed by atoms with Crippen molar-refractivity contribution in [3.8, 4) is 0 Å². The molecule has 0 unspecified atom stereocenters. The molecule has 0 aromatic carbocycles. The van der Waals surface area contributed by atoms with Crippen molar-refractivity contribution in [2.75, 3.05) is 13.1 Å². The van der Waals surface area contributed by atoms with E-state index < -0.39 is 11.4 Å². The third-order valence-electron chi connectivity index (χ3n) is 5.34. The zero-order valence-electron chi connectivity index (χ0n) is 16.3. The molecule has 0 saturated carbocycles. The van der Waals surface area contributed by atoms with E-state index in [2.05, 4.69) is 20.3 Å². The summed E-state index contributed by atoms with van der Waals surface area (Å²) in [5.74, 6) is -0.811. The lowest BCUT2D eigenvalue weighted by molar-refractivity contribution is -0.154. The van der Waals surface area contributed by atoms with Crippen LogP contribution in [0.3, 0.4) is 0 Å². The molecule has 1 N–H and O–H groups in total.